The number of carboxylic acids is 1. The second-order valence-electron chi connectivity index (χ2n) is 3.65. The topological polar surface area (TPSA) is 68.0 Å². The molecule has 0 aliphatic carbocycles. The van der Waals surface area contributed by atoms with Crippen LogP contribution in [0.1, 0.15) is 0 Å². The Balaban J connectivity index is 2.33. The van der Waals surface area contributed by atoms with Crippen LogP contribution in [-0.4, -0.2) is 31.6 Å². The van der Waals surface area contributed by atoms with Crippen molar-refractivity contribution < 1.29 is 9.90 Å². The summed E-state index contributed by atoms with van der Waals surface area (Å²) in [6, 6.07) is 5.90. The number of thioether (sulfide) groups is 1. The molecule has 2 rings (SSSR count). The fourth-order valence-corrected chi connectivity index (χ4v) is 2.95. The molecule has 0 fully saturated rings. The molecule has 1 aromatic heterocycles. The molecule has 0 saturated heterocycles. The van der Waals surface area contributed by atoms with Crippen LogP contribution < -0.4 is 0 Å². The largest absolute Gasteiger partial charge is 0.481 e. The minimum absolute atomic E-state index is 0.0283. The molecule has 0 saturated carbocycles. The third kappa shape index (κ3) is 3.69. The SMILES string of the molecule is Cn1nc(-c2cc(I)ccc2Br)nc1SCC(=O)O. The van der Waals surface area contributed by atoms with Crippen LogP contribution in [0, 0.1) is 3.57 Å². The Labute approximate surface area is 136 Å². The molecule has 0 bridgehead atoms. The van der Waals surface area contributed by atoms with E-state index in [1.807, 2.05) is 18.2 Å². The quantitative estimate of drug-likeness (QED) is 0.569. The lowest BCUT2D eigenvalue weighted by atomic mass is 10.2. The number of carbonyl (C=O) groups is 1. The van der Waals surface area contributed by atoms with Gasteiger partial charge >= 0.3 is 5.97 Å². The van der Waals surface area contributed by atoms with E-state index in [0.29, 0.717) is 11.0 Å². The first-order chi connectivity index (χ1) is 8.97. The maximum Gasteiger partial charge on any atom is 0.313 e. The highest BCUT2D eigenvalue weighted by molar-refractivity contribution is 14.1. The fourth-order valence-electron chi connectivity index (χ4n) is 1.41. The zero-order valence-electron chi connectivity index (χ0n) is 9.80. The first-order valence-electron chi connectivity index (χ1n) is 5.18. The van der Waals surface area contributed by atoms with Crippen molar-refractivity contribution in [3.63, 3.8) is 0 Å². The highest BCUT2D eigenvalue weighted by Crippen LogP contribution is 2.29. The smallest absolute Gasteiger partial charge is 0.313 e. The summed E-state index contributed by atoms with van der Waals surface area (Å²) in [6.45, 7) is 0. The van der Waals surface area contributed by atoms with Crippen molar-refractivity contribution in [3.8, 4) is 11.4 Å². The Morgan fingerprint density at radius 2 is 2.32 bits per heavy atom. The maximum absolute atomic E-state index is 10.6. The summed E-state index contributed by atoms with van der Waals surface area (Å²) in [4.78, 5) is 14.9. The van der Waals surface area contributed by atoms with E-state index in [1.165, 1.54) is 0 Å². The normalized spacial score (nSPS) is 10.7. The average Bonchev–Trinajstić information content (AvgIpc) is 2.71. The number of nitrogens with zero attached hydrogens (tertiary/aromatic N) is 3. The zero-order valence-corrected chi connectivity index (χ0v) is 14.4. The third-order valence-corrected chi connectivity index (χ3v) is 4.58. The highest BCUT2D eigenvalue weighted by atomic mass is 127. The van der Waals surface area contributed by atoms with Crippen LogP contribution in [0.5, 0.6) is 0 Å². The van der Waals surface area contributed by atoms with E-state index >= 15 is 0 Å². The van der Waals surface area contributed by atoms with Gasteiger partial charge in [0.2, 0.25) is 0 Å². The highest BCUT2D eigenvalue weighted by Gasteiger charge is 2.13. The van der Waals surface area contributed by atoms with E-state index in [2.05, 4.69) is 48.6 Å². The number of hydrogen-bond donors (Lipinski definition) is 1. The van der Waals surface area contributed by atoms with Gasteiger partial charge in [-0.1, -0.05) is 27.7 Å². The van der Waals surface area contributed by atoms with E-state index in [1.54, 1.807) is 11.7 Å². The Hall–Kier alpha value is -0.610. The van der Waals surface area contributed by atoms with Gasteiger partial charge in [-0.15, -0.1) is 0 Å². The molecule has 2 aromatic rings. The van der Waals surface area contributed by atoms with Crippen molar-refractivity contribution in [2.75, 3.05) is 5.75 Å². The van der Waals surface area contributed by atoms with Crippen LogP contribution in [0.2, 0.25) is 0 Å². The molecule has 0 amide bonds. The molecule has 19 heavy (non-hydrogen) atoms. The Morgan fingerprint density at radius 3 is 3.00 bits per heavy atom. The minimum atomic E-state index is -0.870. The van der Waals surface area contributed by atoms with Gasteiger partial charge < -0.3 is 5.11 Å². The molecule has 1 aromatic carbocycles. The summed E-state index contributed by atoms with van der Waals surface area (Å²) in [5.41, 5.74) is 0.893. The van der Waals surface area contributed by atoms with E-state index in [0.717, 1.165) is 25.4 Å². The summed E-state index contributed by atoms with van der Waals surface area (Å²) >= 11 is 6.85. The van der Waals surface area contributed by atoms with E-state index in [9.17, 15) is 4.79 Å². The number of aryl methyl sites for hydroxylation is 1. The summed E-state index contributed by atoms with van der Waals surface area (Å²) < 4.78 is 3.59. The first-order valence-corrected chi connectivity index (χ1v) is 8.04. The van der Waals surface area contributed by atoms with Crippen molar-refractivity contribution in [1.82, 2.24) is 14.8 Å². The van der Waals surface area contributed by atoms with Gasteiger partial charge in [-0.3, -0.25) is 4.79 Å². The molecule has 0 aliphatic rings. The van der Waals surface area contributed by atoms with Crippen molar-refractivity contribution in [2.24, 2.45) is 7.05 Å². The van der Waals surface area contributed by atoms with E-state index < -0.39 is 5.97 Å². The van der Waals surface area contributed by atoms with Gasteiger partial charge in [-0.2, -0.15) is 5.10 Å². The zero-order chi connectivity index (χ0) is 14.0. The van der Waals surface area contributed by atoms with E-state index in [-0.39, 0.29) is 5.75 Å². The number of halogens is 2. The van der Waals surface area contributed by atoms with Crippen LogP contribution in [-0.2, 0) is 11.8 Å². The number of benzene rings is 1. The van der Waals surface area contributed by atoms with Gasteiger partial charge in [0.1, 0.15) is 0 Å². The standard InChI is InChI=1S/C11H9BrIN3O2S/c1-16-11(19-5-9(17)18)14-10(15-16)7-4-6(13)2-3-8(7)12/h2-4H,5H2,1H3,(H,17,18). The summed E-state index contributed by atoms with van der Waals surface area (Å²) in [5, 5.41) is 13.6. The summed E-state index contributed by atoms with van der Waals surface area (Å²) in [5.74, 6) is -0.315. The molecule has 0 radical (unpaired) electrons. The van der Waals surface area contributed by atoms with Gasteiger partial charge in [0, 0.05) is 20.7 Å². The van der Waals surface area contributed by atoms with Gasteiger partial charge in [0.25, 0.3) is 0 Å². The second-order valence-corrected chi connectivity index (χ2v) is 6.69. The molecule has 1 N–H and O–H groups in total. The molecule has 0 aliphatic heterocycles. The second kappa shape index (κ2) is 6.23. The van der Waals surface area contributed by atoms with Gasteiger partial charge in [0.05, 0.1) is 5.75 Å². The Bertz CT molecular complexity index is 632. The lowest BCUT2D eigenvalue weighted by Crippen LogP contribution is -2.00. The average molecular weight is 454 g/mol. The minimum Gasteiger partial charge on any atom is -0.481 e. The Kier molecular flexibility index (Phi) is 4.85. The first kappa shape index (κ1) is 14.8. The van der Waals surface area contributed by atoms with Gasteiger partial charge in [0.15, 0.2) is 11.0 Å². The van der Waals surface area contributed by atoms with Gasteiger partial charge in [-0.25, -0.2) is 9.67 Å². The molecule has 0 spiro atoms. The number of hydrogen-bond acceptors (Lipinski definition) is 4. The summed E-state index contributed by atoms with van der Waals surface area (Å²) in [7, 11) is 1.75. The molecule has 1 heterocycles. The molecule has 5 nitrogen and oxygen atoms in total. The number of rotatable bonds is 4. The maximum atomic E-state index is 10.6. The Morgan fingerprint density at radius 1 is 1.58 bits per heavy atom. The van der Waals surface area contributed by atoms with Crippen molar-refractivity contribution in [1.29, 1.82) is 0 Å². The molecular formula is C11H9BrIN3O2S. The van der Waals surface area contributed by atoms with Crippen LogP contribution in [0.4, 0.5) is 0 Å². The third-order valence-electron chi connectivity index (χ3n) is 2.22. The van der Waals surface area contributed by atoms with Crippen LogP contribution in [0.3, 0.4) is 0 Å². The number of aromatic nitrogens is 3. The van der Waals surface area contributed by atoms with Crippen LogP contribution >= 0.6 is 50.3 Å². The van der Waals surface area contributed by atoms with E-state index in [4.69, 9.17) is 5.11 Å². The lowest BCUT2D eigenvalue weighted by molar-refractivity contribution is -0.133. The fraction of sp³-hybridized carbons (Fsp3) is 0.182. The predicted octanol–water partition coefficient (Wildman–Crippen LogP) is 3.03. The van der Waals surface area contributed by atoms with Crippen molar-refractivity contribution in [2.45, 2.75) is 5.16 Å². The monoisotopic (exact) mass is 453 g/mol. The lowest BCUT2D eigenvalue weighted by Gasteiger charge is -1.99. The molecule has 0 unspecified atom stereocenters. The van der Waals surface area contributed by atoms with Gasteiger partial charge in [-0.05, 0) is 40.8 Å². The number of aliphatic carboxylic acids is 1. The summed E-state index contributed by atoms with van der Waals surface area (Å²) in [6.07, 6.45) is 0. The van der Waals surface area contributed by atoms with Crippen LogP contribution in [0.25, 0.3) is 11.4 Å². The van der Waals surface area contributed by atoms with Crippen molar-refractivity contribution >= 4 is 56.3 Å². The molecule has 8 heteroatoms. The molecule has 0 atom stereocenters. The van der Waals surface area contributed by atoms with Crippen molar-refractivity contribution in [3.05, 3.63) is 26.2 Å². The number of carboxylic acid groups (broad SMARTS) is 1. The molecular weight excluding hydrogens is 445 g/mol. The predicted molar refractivity (Wildman–Crippen MR) is 85.2 cm³/mol. The van der Waals surface area contributed by atoms with Crippen LogP contribution in [0.15, 0.2) is 27.8 Å². The molecule has 100 valence electrons.